The number of thioether (sulfide) groups is 1. The van der Waals surface area contributed by atoms with Gasteiger partial charge in [-0.1, -0.05) is 29.4 Å². The van der Waals surface area contributed by atoms with Crippen LogP contribution in [0.15, 0.2) is 23.3 Å². The molecular weight excluding hydrogens is 246 g/mol. The molecule has 1 aromatic heterocycles. The third-order valence-corrected chi connectivity index (χ3v) is 3.42. The molecule has 1 fully saturated rings. The molecule has 0 aliphatic carbocycles. The molecule has 1 aliphatic rings. The van der Waals surface area contributed by atoms with Crippen LogP contribution in [0.1, 0.15) is 5.56 Å². The zero-order valence-electron chi connectivity index (χ0n) is 8.47. The lowest BCUT2D eigenvalue weighted by Crippen LogP contribution is -2.23. The molecule has 1 saturated heterocycles. The summed E-state index contributed by atoms with van der Waals surface area (Å²) in [6.07, 6.45) is 2.32. The number of aromatic nitrogens is 1. The maximum Gasteiger partial charge on any atom is 0.235 e. The Labute approximate surface area is 103 Å². The van der Waals surface area contributed by atoms with Gasteiger partial charge < -0.3 is 4.90 Å². The van der Waals surface area contributed by atoms with Crippen molar-refractivity contribution in [3.05, 3.63) is 29.0 Å². The second-order valence-electron chi connectivity index (χ2n) is 3.28. The highest BCUT2D eigenvalue weighted by molar-refractivity contribution is 8.14. The van der Waals surface area contributed by atoms with Gasteiger partial charge in [0.1, 0.15) is 5.15 Å². The highest BCUT2D eigenvalue weighted by atomic mass is 35.5. The summed E-state index contributed by atoms with van der Waals surface area (Å²) >= 11 is 7.30. The van der Waals surface area contributed by atoms with Gasteiger partial charge >= 0.3 is 0 Å². The number of halogens is 1. The summed E-state index contributed by atoms with van der Waals surface area (Å²) in [7, 11) is 0. The summed E-state index contributed by atoms with van der Waals surface area (Å²) in [6, 6.07) is 3.69. The quantitative estimate of drug-likeness (QED) is 0.610. The minimum Gasteiger partial charge on any atom is -0.346 e. The summed E-state index contributed by atoms with van der Waals surface area (Å²) in [5, 5.41) is 1.27. The predicted octanol–water partition coefficient (Wildman–Crippen LogP) is 1.80. The second-order valence-corrected chi connectivity index (χ2v) is 4.73. The molecule has 6 heteroatoms. The molecule has 84 valence electrons. The molecule has 0 atom stereocenters. The fraction of sp³-hybridized carbons (Fsp3) is 0.300. The number of rotatable bonds is 3. The van der Waals surface area contributed by atoms with Gasteiger partial charge in [-0.15, -0.1) is 0 Å². The monoisotopic (exact) mass is 255 g/mol. The lowest BCUT2D eigenvalue weighted by atomic mass is 10.3. The molecular formula is C10H10ClN3OS. The predicted molar refractivity (Wildman–Crippen MR) is 65.6 cm³/mol. The van der Waals surface area contributed by atoms with Gasteiger partial charge in [0, 0.05) is 25.0 Å². The average Bonchev–Trinajstić information content (AvgIpc) is 2.70. The van der Waals surface area contributed by atoms with Crippen LogP contribution < -0.4 is 0 Å². The van der Waals surface area contributed by atoms with Gasteiger partial charge in [0.2, 0.25) is 6.41 Å². The van der Waals surface area contributed by atoms with Crippen LogP contribution in [0.3, 0.4) is 0 Å². The molecule has 0 radical (unpaired) electrons. The maximum atomic E-state index is 10.3. The van der Waals surface area contributed by atoms with E-state index in [1.54, 1.807) is 24.0 Å². The Bertz CT molecular complexity index is 407. The zero-order chi connectivity index (χ0) is 11.4. The van der Waals surface area contributed by atoms with Crippen molar-refractivity contribution in [1.82, 2.24) is 9.88 Å². The number of amides is 1. The summed E-state index contributed by atoms with van der Waals surface area (Å²) in [5.41, 5.74) is 1.06. The third kappa shape index (κ3) is 2.74. The molecule has 0 bridgehead atoms. The van der Waals surface area contributed by atoms with Crippen molar-refractivity contribution in [3.8, 4) is 0 Å². The lowest BCUT2D eigenvalue weighted by molar-refractivity contribution is -0.106. The van der Waals surface area contributed by atoms with E-state index in [4.69, 9.17) is 11.6 Å². The normalized spacial score (nSPS) is 18.1. The summed E-state index contributed by atoms with van der Waals surface area (Å²) in [5.74, 6) is 0.966. The number of carbonyl (C=O) groups is 1. The van der Waals surface area contributed by atoms with Gasteiger partial charge in [-0.25, -0.2) is 4.98 Å². The van der Waals surface area contributed by atoms with Crippen molar-refractivity contribution < 1.29 is 4.79 Å². The van der Waals surface area contributed by atoms with E-state index < -0.39 is 0 Å². The smallest absolute Gasteiger partial charge is 0.235 e. The van der Waals surface area contributed by atoms with Crippen molar-refractivity contribution in [1.29, 1.82) is 0 Å². The van der Waals surface area contributed by atoms with Crippen LogP contribution in [-0.4, -0.2) is 33.8 Å². The highest BCUT2D eigenvalue weighted by Crippen LogP contribution is 2.20. The number of pyridine rings is 1. The Morgan fingerprint density at radius 3 is 3.19 bits per heavy atom. The molecule has 0 aromatic carbocycles. The van der Waals surface area contributed by atoms with E-state index in [9.17, 15) is 4.79 Å². The number of aliphatic imine (C=N–C) groups is 1. The van der Waals surface area contributed by atoms with Gasteiger partial charge in [-0.3, -0.25) is 4.79 Å². The number of hydrogen-bond acceptors (Lipinski definition) is 3. The van der Waals surface area contributed by atoms with E-state index in [0.717, 1.165) is 23.0 Å². The minimum absolute atomic E-state index is 0.487. The van der Waals surface area contributed by atoms with E-state index in [1.165, 1.54) is 0 Å². The van der Waals surface area contributed by atoms with Crippen LogP contribution in [0.2, 0.25) is 5.15 Å². The first-order valence-corrected chi connectivity index (χ1v) is 6.15. The van der Waals surface area contributed by atoms with Crippen LogP contribution in [0.4, 0.5) is 0 Å². The van der Waals surface area contributed by atoms with E-state index >= 15 is 0 Å². The van der Waals surface area contributed by atoms with E-state index in [-0.39, 0.29) is 0 Å². The molecule has 0 saturated carbocycles. The first-order chi connectivity index (χ1) is 7.79. The molecule has 0 unspecified atom stereocenters. The molecule has 16 heavy (non-hydrogen) atoms. The number of hydrogen-bond donors (Lipinski definition) is 0. The van der Waals surface area contributed by atoms with Gasteiger partial charge in [-0.05, 0) is 11.6 Å². The van der Waals surface area contributed by atoms with Crippen LogP contribution in [0.5, 0.6) is 0 Å². The number of nitrogens with zero attached hydrogens (tertiary/aromatic N) is 3. The summed E-state index contributed by atoms with van der Waals surface area (Å²) in [6.45, 7) is 1.61. The SMILES string of the molecule is O=CN=C1SCCN1Cc1ccc(Cl)nc1. The Hall–Kier alpha value is -1.07. The fourth-order valence-corrected chi connectivity index (χ4v) is 2.53. The second kappa shape index (κ2) is 5.32. The first kappa shape index (κ1) is 11.4. The van der Waals surface area contributed by atoms with Crippen LogP contribution >= 0.6 is 23.4 Å². The lowest BCUT2D eigenvalue weighted by Gasteiger charge is -2.16. The molecule has 2 rings (SSSR count). The molecule has 1 aromatic rings. The molecule has 2 heterocycles. The Balaban J connectivity index is 2.06. The molecule has 1 aliphatic heterocycles. The zero-order valence-corrected chi connectivity index (χ0v) is 10.0. The van der Waals surface area contributed by atoms with Gasteiger partial charge in [-0.2, -0.15) is 4.99 Å². The van der Waals surface area contributed by atoms with E-state index in [1.807, 2.05) is 6.07 Å². The van der Waals surface area contributed by atoms with E-state index in [0.29, 0.717) is 18.1 Å². The standard InChI is InChI=1S/C10H10ClN3OS/c11-9-2-1-8(5-12-9)6-14-3-4-16-10(14)13-7-15/h1-2,5,7H,3-4,6H2. The van der Waals surface area contributed by atoms with Crippen molar-refractivity contribution >= 4 is 34.9 Å². The Kier molecular flexibility index (Phi) is 3.79. The van der Waals surface area contributed by atoms with E-state index in [2.05, 4.69) is 14.9 Å². The van der Waals surface area contributed by atoms with Crippen molar-refractivity contribution in [2.45, 2.75) is 6.54 Å². The fourth-order valence-electron chi connectivity index (χ4n) is 1.47. The average molecular weight is 256 g/mol. The van der Waals surface area contributed by atoms with Gasteiger partial charge in [0.15, 0.2) is 5.17 Å². The van der Waals surface area contributed by atoms with Crippen molar-refractivity contribution in [2.75, 3.05) is 12.3 Å². The topological polar surface area (TPSA) is 45.6 Å². The highest BCUT2D eigenvalue weighted by Gasteiger charge is 2.19. The molecule has 0 N–H and O–H groups in total. The molecule has 4 nitrogen and oxygen atoms in total. The first-order valence-electron chi connectivity index (χ1n) is 4.79. The summed E-state index contributed by atoms with van der Waals surface area (Å²) in [4.78, 5) is 20.2. The molecule has 0 spiro atoms. The van der Waals surface area contributed by atoms with Crippen LogP contribution in [0.25, 0.3) is 0 Å². The Morgan fingerprint density at radius 2 is 2.50 bits per heavy atom. The minimum atomic E-state index is 0.487. The number of amidine groups is 1. The Morgan fingerprint density at radius 1 is 1.62 bits per heavy atom. The van der Waals surface area contributed by atoms with Gasteiger partial charge in [0.25, 0.3) is 0 Å². The van der Waals surface area contributed by atoms with Crippen LogP contribution in [0, 0.1) is 0 Å². The maximum absolute atomic E-state index is 10.3. The van der Waals surface area contributed by atoms with Crippen molar-refractivity contribution in [3.63, 3.8) is 0 Å². The number of carbonyl (C=O) groups excluding carboxylic acids is 1. The largest absolute Gasteiger partial charge is 0.346 e. The summed E-state index contributed by atoms with van der Waals surface area (Å²) < 4.78 is 0. The third-order valence-electron chi connectivity index (χ3n) is 2.19. The van der Waals surface area contributed by atoms with Crippen LogP contribution in [-0.2, 0) is 11.3 Å². The van der Waals surface area contributed by atoms with Crippen molar-refractivity contribution in [2.24, 2.45) is 4.99 Å². The molecule has 1 amide bonds. The van der Waals surface area contributed by atoms with Gasteiger partial charge in [0.05, 0.1) is 0 Å².